The van der Waals surface area contributed by atoms with Gasteiger partial charge in [0.15, 0.2) is 11.3 Å². The average Bonchev–Trinajstić information content (AvgIpc) is 3.28. The van der Waals surface area contributed by atoms with E-state index < -0.39 is 5.54 Å². The summed E-state index contributed by atoms with van der Waals surface area (Å²) in [5.41, 5.74) is 1.14. The fraction of sp³-hybridized carbons (Fsp3) is 0.286. The summed E-state index contributed by atoms with van der Waals surface area (Å²) in [5, 5.41) is 0. The van der Waals surface area contributed by atoms with Gasteiger partial charge >= 0.3 is 5.97 Å². The first kappa shape index (κ1) is 23.4. The highest BCUT2D eigenvalue weighted by Gasteiger charge is 2.57. The first-order chi connectivity index (χ1) is 16.5. The minimum absolute atomic E-state index is 0.0200. The van der Waals surface area contributed by atoms with Crippen molar-refractivity contribution in [2.75, 3.05) is 32.8 Å². The number of methoxy groups -OCH3 is 3. The van der Waals surface area contributed by atoms with Gasteiger partial charge in [-0.2, -0.15) is 0 Å². The van der Waals surface area contributed by atoms with Crippen LogP contribution in [0.4, 0.5) is 5.69 Å². The van der Waals surface area contributed by atoms with Gasteiger partial charge in [-0.3, -0.25) is 4.79 Å². The van der Waals surface area contributed by atoms with Crippen LogP contribution in [-0.4, -0.2) is 39.6 Å². The Balaban J connectivity index is 1.78. The Bertz CT molecular complexity index is 1130. The normalized spacial score (nSPS) is 19.5. The van der Waals surface area contributed by atoms with Crippen LogP contribution in [0.1, 0.15) is 28.8 Å². The second-order valence-electron chi connectivity index (χ2n) is 8.32. The summed E-state index contributed by atoms with van der Waals surface area (Å²) in [4.78, 5) is 29.0. The largest absolute Gasteiger partial charge is 0.497 e. The number of Topliss-reactive ketones (excluding diaryl/α,β-unsaturated/α-hetero) is 1. The molecule has 1 aliphatic heterocycles. The fourth-order valence-corrected chi connectivity index (χ4v) is 4.99. The maximum absolute atomic E-state index is 13.6. The van der Waals surface area contributed by atoms with Gasteiger partial charge < -0.3 is 19.1 Å². The van der Waals surface area contributed by atoms with Crippen molar-refractivity contribution in [1.29, 1.82) is 0 Å². The summed E-state index contributed by atoms with van der Waals surface area (Å²) in [5.74, 6) is 0.751. The molecule has 176 valence electrons. The van der Waals surface area contributed by atoms with Gasteiger partial charge in [0.2, 0.25) is 0 Å². The second kappa shape index (κ2) is 10.00. The van der Waals surface area contributed by atoms with E-state index in [2.05, 4.69) is 4.90 Å². The lowest BCUT2D eigenvalue weighted by molar-refractivity contribution is -0.149. The highest BCUT2D eigenvalue weighted by molar-refractivity contribution is 5.98. The Hall–Kier alpha value is -3.80. The summed E-state index contributed by atoms with van der Waals surface area (Å²) >= 11 is 0. The molecule has 34 heavy (non-hydrogen) atoms. The molecular weight excluding hydrogens is 430 g/mol. The Morgan fingerprint density at radius 3 is 2.00 bits per heavy atom. The van der Waals surface area contributed by atoms with Crippen molar-refractivity contribution in [2.24, 2.45) is 5.92 Å². The van der Waals surface area contributed by atoms with E-state index in [0.717, 1.165) is 17.0 Å². The van der Waals surface area contributed by atoms with Crippen molar-refractivity contribution in [3.8, 4) is 11.5 Å². The molecule has 4 rings (SSSR count). The zero-order valence-electron chi connectivity index (χ0n) is 19.7. The van der Waals surface area contributed by atoms with Gasteiger partial charge in [-0.25, -0.2) is 4.79 Å². The standard InChI is InChI=1S/C28H29NO5/c1-32-24-13-9-20(10-14-24)26(30)19-22-17-18-29(23-11-15-25(33-2)16-12-23)28(22,27(31)34-3)21-7-5-4-6-8-21/h4-16,22H,17-19H2,1-3H3/t22-,28-/m0/s1. The maximum Gasteiger partial charge on any atom is 0.336 e. The van der Waals surface area contributed by atoms with E-state index in [0.29, 0.717) is 24.3 Å². The Kier molecular flexibility index (Phi) is 6.87. The van der Waals surface area contributed by atoms with Crippen LogP contribution in [0.3, 0.4) is 0 Å². The Morgan fingerprint density at radius 2 is 1.44 bits per heavy atom. The number of ketones is 1. The molecular formula is C28H29NO5. The summed E-state index contributed by atoms with van der Waals surface area (Å²) in [6.45, 7) is 0.608. The molecule has 3 aromatic rings. The molecule has 2 atom stereocenters. The van der Waals surface area contributed by atoms with Crippen molar-refractivity contribution in [3.05, 3.63) is 90.0 Å². The molecule has 6 nitrogen and oxygen atoms in total. The van der Waals surface area contributed by atoms with Crippen LogP contribution >= 0.6 is 0 Å². The number of anilines is 1. The lowest BCUT2D eigenvalue weighted by Crippen LogP contribution is -2.53. The first-order valence-corrected chi connectivity index (χ1v) is 11.3. The average molecular weight is 460 g/mol. The Labute approximate surface area is 200 Å². The van der Waals surface area contributed by atoms with Crippen LogP contribution in [0.5, 0.6) is 11.5 Å². The number of nitrogens with zero attached hydrogens (tertiary/aromatic N) is 1. The monoisotopic (exact) mass is 459 g/mol. The highest BCUT2D eigenvalue weighted by Crippen LogP contribution is 2.49. The highest BCUT2D eigenvalue weighted by atomic mass is 16.5. The minimum Gasteiger partial charge on any atom is -0.497 e. The molecule has 0 aliphatic carbocycles. The number of carbonyl (C=O) groups excluding carboxylic acids is 2. The van der Waals surface area contributed by atoms with Crippen LogP contribution in [0.15, 0.2) is 78.9 Å². The van der Waals surface area contributed by atoms with Crippen molar-refractivity contribution in [2.45, 2.75) is 18.4 Å². The molecule has 0 unspecified atom stereocenters. The zero-order valence-corrected chi connectivity index (χ0v) is 19.7. The number of esters is 1. The van der Waals surface area contributed by atoms with Gasteiger partial charge in [0.1, 0.15) is 11.5 Å². The van der Waals surface area contributed by atoms with Gasteiger partial charge in [0.05, 0.1) is 21.3 Å². The number of hydrogen-bond acceptors (Lipinski definition) is 6. The van der Waals surface area contributed by atoms with Gasteiger partial charge in [0.25, 0.3) is 0 Å². The van der Waals surface area contributed by atoms with E-state index in [1.54, 1.807) is 38.5 Å². The quantitative estimate of drug-likeness (QED) is 0.354. The summed E-state index contributed by atoms with van der Waals surface area (Å²) in [7, 11) is 4.61. The molecule has 0 spiro atoms. The lowest BCUT2D eigenvalue weighted by Gasteiger charge is -2.41. The number of ether oxygens (including phenoxy) is 3. The van der Waals surface area contributed by atoms with E-state index in [1.165, 1.54) is 7.11 Å². The number of hydrogen-bond donors (Lipinski definition) is 0. The zero-order chi connectivity index (χ0) is 24.1. The molecule has 0 N–H and O–H groups in total. The smallest absolute Gasteiger partial charge is 0.336 e. The molecule has 1 fully saturated rings. The predicted octanol–water partition coefficient (Wildman–Crippen LogP) is 4.87. The first-order valence-electron chi connectivity index (χ1n) is 11.3. The maximum atomic E-state index is 13.6. The van der Waals surface area contributed by atoms with Crippen molar-refractivity contribution in [3.63, 3.8) is 0 Å². The van der Waals surface area contributed by atoms with E-state index >= 15 is 0 Å². The minimum atomic E-state index is -1.13. The van der Waals surface area contributed by atoms with E-state index in [-0.39, 0.29) is 24.1 Å². The van der Waals surface area contributed by atoms with Crippen LogP contribution < -0.4 is 14.4 Å². The van der Waals surface area contributed by atoms with Crippen LogP contribution in [-0.2, 0) is 15.1 Å². The molecule has 0 radical (unpaired) electrons. The molecule has 0 saturated carbocycles. The van der Waals surface area contributed by atoms with Gasteiger partial charge in [-0.05, 0) is 60.5 Å². The van der Waals surface area contributed by atoms with E-state index in [9.17, 15) is 9.59 Å². The SMILES string of the molecule is COC(=O)[C@]1(c2ccccc2)[C@H](CC(=O)c2ccc(OC)cc2)CCN1c1ccc(OC)cc1. The van der Waals surface area contributed by atoms with Crippen LogP contribution in [0.2, 0.25) is 0 Å². The Morgan fingerprint density at radius 1 is 0.853 bits per heavy atom. The molecule has 1 heterocycles. The molecule has 0 amide bonds. The van der Waals surface area contributed by atoms with E-state index in [1.807, 2.05) is 54.6 Å². The van der Waals surface area contributed by atoms with Gasteiger partial charge in [0, 0.05) is 30.1 Å². The molecule has 6 heteroatoms. The van der Waals surface area contributed by atoms with Crippen molar-refractivity contribution in [1.82, 2.24) is 0 Å². The van der Waals surface area contributed by atoms with Crippen molar-refractivity contribution < 1.29 is 23.8 Å². The third kappa shape index (κ3) is 4.12. The number of benzene rings is 3. The predicted molar refractivity (Wildman–Crippen MR) is 131 cm³/mol. The van der Waals surface area contributed by atoms with E-state index in [4.69, 9.17) is 14.2 Å². The number of carbonyl (C=O) groups is 2. The molecule has 0 bridgehead atoms. The molecule has 1 saturated heterocycles. The summed E-state index contributed by atoms with van der Waals surface area (Å²) < 4.78 is 15.9. The molecule has 1 aliphatic rings. The summed E-state index contributed by atoms with van der Waals surface area (Å²) in [6.07, 6.45) is 0.876. The van der Waals surface area contributed by atoms with Gasteiger partial charge in [-0.1, -0.05) is 30.3 Å². The van der Waals surface area contributed by atoms with Crippen LogP contribution in [0.25, 0.3) is 0 Å². The molecule has 0 aromatic heterocycles. The third-order valence-electron chi connectivity index (χ3n) is 6.66. The molecule has 3 aromatic carbocycles. The van der Waals surface area contributed by atoms with Gasteiger partial charge in [-0.15, -0.1) is 0 Å². The van der Waals surface area contributed by atoms with Crippen molar-refractivity contribution >= 4 is 17.4 Å². The summed E-state index contributed by atoms with van der Waals surface area (Å²) in [6, 6.07) is 24.3. The number of rotatable bonds is 8. The second-order valence-corrected chi connectivity index (χ2v) is 8.32. The fourth-order valence-electron chi connectivity index (χ4n) is 4.99. The topological polar surface area (TPSA) is 65.1 Å². The lowest BCUT2D eigenvalue weighted by atomic mass is 9.75. The third-order valence-corrected chi connectivity index (χ3v) is 6.66. The van der Waals surface area contributed by atoms with Crippen LogP contribution in [0, 0.1) is 5.92 Å².